The van der Waals surface area contributed by atoms with Crippen LogP contribution >= 0.6 is 11.3 Å². The van der Waals surface area contributed by atoms with E-state index in [0.717, 1.165) is 6.54 Å². The van der Waals surface area contributed by atoms with Gasteiger partial charge in [-0.25, -0.2) is 4.98 Å². The van der Waals surface area contributed by atoms with Gasteiger partial charge in [0.25, 0.3) is 0 Å². The van der Waals surface area contributed by atoms with Crippen LogP contribution < -0.4 is 5.32 Å². The van der Waals surface area contributed by atoms with Gasteiger partial charge in [-0.3, -0.25) is 0 Å². The SMILES string of the molecule is Cc1cnc([C@H]2CCCCN2)s1. The van der Waals surface area contributed by atoms with E-state index >= 15 is 0 Å². The topological polar surface area (TPSA) is 24.9 Å². The van der Waals surface area contributed by atoms with Crippen molar-refractivity contribution in [3.05, 3.63) is 16.1 Å². The molecular formula is C9H14N2S. The highest BCUT2D eigenvalue weighted by molar-refractivity contribution is 7.11. The molecule has 1 aromatic heterocycles. The van der Waals surface area contributed by atoms with E-state index in [9.17, 15) is 0 Å². The smallest absolute Gasteiger partial charge is 0.110 e. The summed E-state index contributed by atoms with van der Waals surface area (Å²) >= 11 is 1.82. The molecule has 2 heterocycles. The number of thiazole rings is 1. The Kier molecular flexibility index (Phi) is 2.42. The molecule has 66 valence electrons. The van der Waals surface area contributed by atoms with E-state index in [2.05, 4.69) is 17.2 Å². The molecule has 1 fully saturated rings. The van der Waals surface area contributed by atoms with Gasteiger partial charge in [-0.05, 0) is 26.3 Å². The number of aryl methyl sites for hydroxylation is 1. The number of hydrogen-bond donors (Lipinski definition) is 1. The molecule has 0 spiro atoms. The fraction of sp³-hybridized carbons (Fsp3) is 0.667. The summed E-state index contributed by atoms with van der Waals surface area (Å²) in [7, 11) is 0. The van der Waals surface area contributed by atoms with E-state index in [1.165, 1.54) is 29.1 Å². The van der Waals surface area contributed by atoms with Crippen molar-refractivity contribution in [3.63, 3.8) is 0 Å². The van der Waals surface area contributed by atoms with E-state index in [1.54, 1.807) is 0 Å². The van der Waals surface area contributed by atoms with Crippen LogP contribution in [0, 0.1) is 6.92 Å². The summed E-state index contributed by atoms with van der Waals surface area (Å²) in [6.45, 7) is 3.27. The van der Waals surface area contributed by atoms with Crippen LogP contribution in [0.5, 0.6) is 0 Å². The van der Waals surface area contributed by atoms with E-state index in [1.807, 2.05) is 17.5 Å². The normalized spacial score (nSPS) is 24.2. The zero-order valence-corrected chi connectivity index (χ0v) is 8.16. The highest BCUT2D eigenvalue weighted by Gasteiger charge is 2.16. The summed E-state index contributed by atoms with van der Waals surface area (Å²) in [5, 5.41) is 4.77. The molecule has 2 rings (SSSR count). The Balaban J connectivity index is 2.08. The van der Waals surface area contributed by atoms with Crippen LogP contribution in [0.2, 0.25) is 0 Å². The Bertz CT molecular complexity index is 251. The van der Waals surface area contributed by atoms with Crippen molar-refractivity contribution in [2.45, 2.75) is 32.2 Å². The number of aromatic nitrogens is 1. The summed E-state index contributed by atoms with van der Waals surface area (Å²) in [5.74, 6) is 0. The molecular weight excluding hydrogens is 168 g/mol. The highest BCUT2D eigenvalue weighted by atomic mass is 32.1. The van der Waals surface area contributed by atoms with Gasteiger partial charge in [0.15, 0.2) is 0 Å². The van der Waals surface area contributed by atoms with Gasteiger partial charge >= 0.3 is 0 Å². The van der Waals surface area contributed by atoms with Crippen molar-refractivity contribution < 1.29 is 0 Å². The minimum Gasteiger partial charge on any atom is -0.308 e. The lowest BCUT2D eigenvalue weighted by molar-refractivity contribution is 0.411. The monoisotopic (exact) mass is 182 g/mol. The molecule has 0 saturated carbocycles. The van der Waals surface area contributed by atoms with Crippen LogP contribution in [0.1, 0.15) is 35.2 Å². The predicted octanol–water partition coefficient (Wildman–Crippen LogP) is 2.27. The lowest BCUT2D eigenvalue weighted by Crippen LogP contribution is -2.26. The molecule has 0 radical (unpaired) electrons. The van der Waals surface area contributed by atoms with Crippen molar-refractivity contribution >= 4 is 11.3 Å². The Morgan fingerprint density at radius 1 is 1.58 bits per heavy atom. The van der Waals surface area contributed by atoms with Gasteiger partial charge in [0.05, 0.1) is 6.04 Å². The van der Waals surface area contributed by atoms with Crippen molar-refractivity contribution in [2.75, 3.05) is 6.54 Å². The molecule has 2 nitrogen and oxygen atoms in total. The molecule has 3 heteroatoms. The average Bonchev–Trinajstić information content (AvgIpc) is 2.54. The quantitative estimate of drug-likeness (QED) is 0.720. The van der Waals surface area contributed by atoms with Gasteiger partial charge in [-0.15, -0.1) is 11.3 Å². The molecule has 0 bridgehead atoms. The van der Waals surface area contributed by atoms with Crippen molar-refractivity contribution in [1.82, 2.24) is 10.3 Å². The van der Waals surface area contributed by atoms with Crippen LogP contribution in [0.15, 0.2) is 6.20 Å². The second-order valence-corrected chi connectivity index (χ2v) is 4.58. The van der Waals surface area contributed by atoms with E-state index in [-0.39, 0.29) is 0 Å². The first-order valence-electron chi connectivity index (χ1n) is 4.52. The Morgan fingerprint density at radius 2 is 2.50 bits per heavy atom. The standard InChI is InChI=1S/C9H14N2S/c1-7-6-11-9(12-7)8-4-2-3-5-10-8/h6,8,10H,2-5H2,1H3/t8-/m1/s1. The maximum atomic E-state index is 4.40. The molecule has 1 aliphatic heterocycles. The second kappa shape index (κ2) is 3.54. The summed E-state index contributed by atoms with van der Waals surface area (Å²) in [6.07, 6.45) is 5.89. The fourth-order valence-corrected chi connectivity index (χ4v) is 2.48. The second-order valence-electron chi connectivity index (χ2n) is 3.31. The zero-order valence-electron chi connectivity index (χ0n) is 7.34. The predicted molar refractivity (Wildman–Crippen MR) is 51.4 cm³/mol. The number of rotatable bonds is 1. The van der Waals surface area contributed by atoms with Crippen LogP contribution in [0.4, 0.5) is 0 Å². The lowest BCUT2D eigenvalue weighted by atomic mass is 10.1. The van der Waals surface area contributed by atoms with Crippen LogP contribution in [0.25, 0.3) is 0 Å². The third-order valence-corrected chi connectivity index (χ3v) is 3.27. The third-order valence-electron chi connectivity index (χ3n) is 2.25. The van der Waals surface area contributed by atoms with Gasteiger partial charge < -0.3 is 5.32 Å². The molecule has 1 aromatic rings. The van der Waals surface area contributed by atoms with E-state index < -0.39 is 0 Å². The van der Waals surface area contributed by atoms with E-state index in [4.69, 9.17) is 0 Å². The van der Waals surface area contributed by atoms with Crippen molar-refractivity contribution in [3.8, 4) is 0 Å². The Morgan fingerprint density at radius 3 is 3.08 bits per heavy atom. The first-order valence-corrected chi connectivity index (χ1v) is 5.33. The molecule has 0 aliphatic carbocycles. The van der Waals surface area contributed by atoms with Gasteiger partial charge in [0.2, 0.25) is 0 Å². The summed E-state index contributed by atoms with van der Waals surface area (Å²) in [4.78, 5) is 5.71. The molecule has 0 amide bonds. The fourth-order valence-electron chi connectivity index (χ4n) is 1.60. The maximum Gasteiger partial charge on any atom is 0.110 e. The number of hydrogen-bond acceptors (Lipinski definition) is 3. The molecule has 1 aliphatic rings. The summed E-state index contributed by atoms with van der Waals surface area (Å²) < 4.78 is 0. The first-order chi connectivity index (χ1) is 5.86. The average molecular weight is 182 g/mol. The minimum absolute atomic E-state index is 0.539. The molecule has 12 heavy (non-hydrogen) atoms. The summed E-state index contributed by atoms with van der Waals surface area (Å²) in [5.41, 5.74) is 0. The number of nitrogens with one attached hydrogen (secondary N) is 1. The van der Waals surface area contributed by atoms with Gasteiger partial charge in [-0.1, -0.05) is 6.42 Å². The minimum atomic E-state index is 0.539. The molecule has 1 saturated heterocycles. The summed E-state index contributed by atoms with van der Waals surface area (Å²) in [6, 6.07) is 0.539. The van der Waals surface area contributed by atoms with E-state index in [0.29, 0.717) is 6.04 Å². The maximum absolute atomic E-state index is 4.40. The van der Waals surface area contributed by atoms with Crippen LogP contribution in [-0.4, -0.2) is 11.5 Å². The number of nitrogens with zero attached hydrogens (tertiary/aromatic N) is 1. The molecule has 1 N–H and O–H groups in total. The third kappa shape index (κ3) is 1.67. The number of piperidine rings is 1. The highest BCUT2D eigenvalue weighted by Crippen LogP contribution is 2.25. The Hall–Kier alpha value is -0.410. The Labute approximate surface area is 77.0 Å². The lowest BCUT2D eigenvalue weighted by Gasteiger charge is -2.20. The molecule has 1 atom stereocenters. The molecule has 0 unspecified atom stereocenters. The first kappa shape index (κ1) is 8.20. The van der Waals surface area contributed by atoms with Crippen molar-refractivity contribution in [1.29, 1.82) is 0 Å². The van der Waals surface area contributed by atoms with Crippen LogP contribution in [0.3, 0.4) is 0 Å². The van der Waals surface area contributed by atoms with Crippen LogP contribution in [-0.2, 0) is 0 Å². The van der Waals surface area contributed by atoms with Gasteiger partial charge in [0, 0.05) is 11.1 Å². The van der Waals surface area contributed by atoms with Gasteiger partial charge in [-0.2, -0.15) is 0 Å². The molecule has 0 aromatic carbocycles. The largest absolute Gasteiger partial charge is 0.308 e. The van der Waals surface area contributed by atoms with Crippen molar-refractivity contribution in [2.24, 2.45) is 0 Å². The van der Waals surface area contributed by atoms with Gasteiger partial charge in [0.1, 0.15) is 5.01 Å². The zero-order chi connectivity index (χ0) is 8.39.